The molecule has 5 nitrogen and oxygen atoms in total. The second-order valence-corrected chi connectivity index (χ2v) is 9.02. The fourth-order valence-electron chi connectivity index (χ4n) is 3.71. The van der Waals surface area contributed by atoms with Crippen LogP contribution < -0.4 is 9.64 Å². The van der Waals surface area contributed by atoms with Crippen molar-refractivity contribution in [3.05, 3.63) is 85.5 Å². The standard InChI is InChI=1S/C24H19Cl2NO4S/c1-3-31-18-11-14(7-9-16(18)26)22(28)20-21(19-5-4-10-32-19)27(24(30)23(20)29)17-12-15(25)8-6-13(17)2/h4-12,21,28H,3H2,1-2H3/b22-20-. The molecule has 0 aliphatic carbocycles. The molecule has 1 amide bonds. The summed E-state index contributed by atoms with van der Waals surface area (Å²) in [4.78, 5) is 28.5. The molecule has 32 heavy (non-hydrogen) atoms. The van der Waals surface area contributed by atoms with Gasteiger partial charge in [-0.3, -0.25) is 14.5 Å². The smallest absolute Gasteiger partial charge is 0.300 e. The maximum absolute atomic E-state index is 13.2. The summed E-state index contributed by atoms with van der Waals surface area (Å²) in [5.74, 6) is -1.41. The van der Waals surface area contributed by atoms with Crippen molar-refractivity contribution in [2.24, 2.45) is 0 Å². The molecule has 0 radical (unpaired) electrons. The fraction of sp³-hybridized carbons (Fsp3) is 0.167. The molecule has 1 saturated heterocycles. The van der Waals surface area contributed by atoms with Gasteiger partial charge in [0.1, 0.15) is 17.6 Å². The molecular weight excluding hydrogens is 469 g/mol. The number of Topliss-reactive ketones (excluding diaryl/α,β-unsaturated/α-hetero) is 1. The fourth-order valence-corrected chi connectivity index (χ4v) is 4.87. The Morgan fingerprint density at radius 1 is 1.16 bits per heavy atom. The lowest BCUT2D eigenvalue weighted by Crippen LogP contribution is -2.29. The number of ether oxygens (including phenoxy) is 1. The lowest BCUT2D eigenvalue weighted by molar-refractivity contribution is -0.132. The number of hydrogen-bond donors (Lipinski definition) is 1. The number of benzene rings is 2. The second kappa shape index (κ2) is 8.98. The number of aliphatic hydroxyl groups is 1. The van der Waals surface area contributed by atoms with E-state index in [0.29, 0.717) is 33.7 Å². The summed E-state index contributed by atoms with van der Waals surface area (Å²) in [6.07, 6.45) is 0. The highest BCUT2D eigenvalue weighted by Gasteiger charge is 2.47. The van der Waals surface area contributed by atoms with Crippen LogP contribution in [0, 0.1) is 6.92 Å². The van der Waals surface area contributed by atoms with E-state index < -0.39 is 17.7 Å². The number of aryl methyl sites for hydroxylation is 1. The summed E-state index contributed by atoms with van der Waals surface area (Å²) in [6, 6.07) is 12.8. The van der Waals surface area contributed by atoms with Gasteiger partial charge < -0.3 is 9.84 Å². The predicted molar refractivity (Wildman–Crippen MR) is 128 cm³/mol. The molecule has 0 bridgehead atoms. The first-order valence-electron chi connectivity index (χ1n) is 9.86. The van der Waals surface area contributed by atoms with E-state index in [-0.39, 0.29) is 11.3 Å². The quantitative estimate of drug-likeness (QED) is 0.257. The molecule has 1 unspecified atom stereocenters. The Morgan fingerprint density at radius 3 is 2.62 bits per heavy atom. The van der Waals surface area contributed by atoms with E-state index in [4.69, 9.17) is 27.9 Å². The van der Waals surface area contributed by atoms with Crippen molar-refractivity contribution < 1.29 is 19.4 Å². The van der Waals surface area contributed by atoms with E-state index in [0.717, 1.165) is 10.4 Å². The Bertz CT molecular complexity index is 1240. The van der Waals surface area contributed by atoms with Crippen LogP contribution in [0.15, 0.2) is 59.5 Å². The lowest BCUT2D eigenvalue weighted by Gasteiger charge is -2.26. The Balaban J connectivity index is 1.93. The Hall–Kier alpha value is -2.80. The number of carbonyl (C=O) groups is 2. The van der Waals surface area contributed by atoms with E-state index in [1.54, 1.807) is 36.4 Å². The van der Waals surface area contributed by atoms with Gasteiger partial charge in [-0.25, -0.2) is 0 Å². The third-order valence-electron chi connectivity index (χ3n) is 5.19. The Kier molecular flexibility index (Phi) is 6.29. The van der Waals surface area contributed by atoms with Crippen molar-refractivity contribution in [2.45, 2.75) is 19.9 Å². The molecular formula is C24H19Cl2NO4S. The van der Waals surface area contributed by atoms with Crippen LogP contribution in [0.3, 0.4) is 0 Å². The predicted octanol–water partition coefficient (Wildman–Crippen LogP) is 6.39. The van der Waals surface area contributed by atoms with E-state index in [9.17, 15) is 14.7 Å². The van der Waals surface area contributed by atoms with E-state index in [2.05, 4.69) is 0 Å². The second-order valence-electron chi connectivity index (χ2n) is 7.19. The number of ketones is 1. The van der Waals surface area contributed by atoms with Crippen molar-refractivity contribution in [1.29, 1.82) is 0 Å². The number of halogens is 2. The van der Waals surface area contributed by atoms with E-state index in [1.165, 1.54) is 16.2 Å². The van der Waals surface area contributed by atoms with Crippen molar-refractivity contribution in [2.75, 3.05) is 11.5 Å². The topological polar surface area (TPSA) is 66.8 Å². The number of rotatable bonds is 5. The summed E-state index contributed by atoms with van der Waals surface area (Å²) >= 11 is 13.8. The molecule has 4 rings (SSSR count). The van der Waals surface area contributed by atoms with Gasteiger partial charge in [-0.05, 0) is 61.2 Å². The van der Waals surface area contributed by atoms with E-state index in [1.807, 2.05) is 31.4 Å². The number of thiophene rings is 1. The Labute approximate surface area is 199 Å². The van der Waals surface area contributed by atoms with E-state index >= 15 is 0 Å². The molecule has 1 aliphatic heterocycles. The molecule has 1 atom stereocenters. The number of hydrogen-bond acceptors (Lipinski definition) is 5. The number of aliphatic hydroxyl groups excluding tert-OH is 1. The number of anilines is 1. The monoisotopic (exact) mass is 487 g/mol. The van der Waals surface area contributed by atoms with Gasteiger partial charge in [0.05, 0.1) is 17.2 Å². The lowest BCUT2D eigenvalue weighted by atomic mass is 9.99. The highest BCUT2D eigenvalue weighted by molar-refractivity contribution is 7.10. The van der Waals surface area contributed by atoms with Crippen LogP contribution >= 0.6 is 34.5 Å². The van der Waals surface area contributed by atoms with Gasteiger partial charge in [0.25, 0.3) is 11.7 Å². The number of nitrogens with zero attached hydrogens (tertiary/aromatic N) is 1. The van der Waals surface area contributed by atoms with Gasteiger partial charge in [0.2, 0.25) is 0 Å². The zero-order chi connectivity index (χ0) is 23.0. The normalized spacial score (nSPS) is 17.8. The average Bonchev–Trinajstić information content (AvgIpc) is 3.38. The summed E-state index contributed by atoms with van der Waals surface area (Å²) in [6.45, 7) is 4.04. The Morgan fingerprint density at radius 2 is 1.94 bits per heavy atom. The zero-order valence-electron chi connectivity index (χ0n) is 17.3. The van der Waals surface area contributed by atoms with Crippen molar-refractivity contribution in [1.82, 2.24) is 0 Å². The van der Waals surface area contributed by atoms with Crippen molar-refractivity contribution in [3.8, 4) is 5.75 Å². The highest BCUT2D eigenvalue weighted by Crippen LogP contribution is 2.45. The molecule has 2 aromatic carbocycles. The minimum absolute atomic E-state index is 0.00148. The molecule has 2 heterocycles. The van der Waals surface area contributed by atoms with Crippen LogP contribution in [0.5, 0.6) is 5.75 Å². The number of amides is 1. The molecule has 1 aliphatic rings. The maximum Gasteiger partial charge on any atom is 0.300 e. The first-order valence-corrected chi connectivity index (χ1v) is 11.5. The molecule has 0 saturated carbocycles. The SMILES string of the molecule is CCOc1cc(/C(O)=C2/C(=O)C(=O)N(c3cc(Cl)ccc3C)C2c2cccs2)ccc1Cl. The molecule has 8 heteroatoms. The third-order valence-corrected chi connectivity index (χ3v) is 6.66. The summed E-state index contributed by atoms with van der Waals surface area (Å²) in [5, 5.41) is 13.9. The molecule has 1 fully saturated rings. The molecule has 3 aromatic rings. The van der Waals surface area contributed by atoms with Gasteiger partial charge in [-0.1, -0.05) is 35.3 Å². The van der Waals surface area contributed by atoms with Gasteiger partial charge >= 0.3 is 0 Å². The van der Waals surface area contributed by atoms with Crippen LogP contribution in [0.4, 0.5) is 5.69 Å². The molecule has 0 spiro atoms. The van der Waals surface area contributed by atoms with Crippen molar-refractivity contribution in [3.63, 3.8) is 0 Å². The van der Waals surface area contributed by atoms with Crippen LogP contribution in [0.25, 0.3) is 5.76 Å². The van der Waals surface area contributed by atoms with Crippen molar-refractivity contribution >= 4 is 57.7 Å². The minimum Gasteiger partial charge on any atom is -0.507 e. The van der Waals surface area contributed by atoms with Gasteiger partial charge in [0.15, 0.2) is 0 Å². The highest BCUT2D eigenvalue weighted by atomic mass is 35.5. The van der Waals surface area contributed by atoms with Crippen LogP contribution in [-0.2, 0) is 9.59 Å². The average molecular weight is 488 g/mol. The number of carbonyl (C=O) groups excluding carboxylic acids is 2. The summed E-state index contributed by atoms with van der Waals surface area (Å²) < 4.78 is 5.52. The zero-order valence-corrected chi connectivity index (χ0v) is 19.6. The van der Waals surface area contributed by atoms with Crippen LogP contribution in [-0.4, -0.2) is 23.4 Å². The summed E-state index contributed by atoms with van der Waals surface area (Å²) in [5.41, 5.74) is 1.63. The molecule has 164 valence electrons. The maximum atomic E-state index is 13.2. The van der Waals surface area contributed by atoms with Gasteiger partial charge in [-0.15, -0.1) is 11.3 Å². The minimum atomic E-state index is -0.793. The largest absolute Gasteiger partial charge is 0.507 e. The van der Waals surface area contributed by atoms with Gasteiger partial charge in [-0.2, -0.15) is 0 Å². The van der Waals surface area contributed by atoms with Crippen LogP contribution in [0.2, 0.25) is 10.0 Å². The third kappa shape index (κ3) is 3.90. The molecule has 1 aromatic heterocycles. The summed E-state index contributed by atoms with van der Waals surface area (Å²) in [7, 11) is 0. The first kappa shape index (κ1) is 22.4. The van der Waals surface area contributed by atoms with Gasteiger partial charge in [0, 0.05) is 21.2 Å². The molecule has 1 N–H and O–H groups in total. The van der Waals surface area contributed by atoms with Crippen LogP contribution in [0.1, 0.15) is 29.0 Å². The first-order chi connectivity index (χ1) is 15.3.